The van der Waals surface area contributed by atoms with E-state index in [1.54, 1.807) is 9.58 Å². The number of aromatic nitrogens is 4. The highest BCUT2D eigenvalue weighted by Gasteiger charge is 2.11. The number of nitrogens with one attached hydrogen (secondary N) is 1. The SMILES string of the molecule is CCN(CC)C(=O)Nc1ccc(C)c(-n2cnnn2)c1. The van der Waals surface area contributed by atoms with Crippen LogP contribution in [0.3, 0.4) is 0 Å². The number of aryl methyl sites for hydroxylation is 1. The van der Waals surface area contributed by atoms with Crippen LogP contribution in [-0.4, -0.2) is 44.2 Å². The maximum atomic E-state index is 12.0. The Balaban J connectivity index is 2.22. The van der Waals surface area contributed by atoms with E-state index >= 15 is 0 Å². The lowest BCUT2D eigenvalue weighted by atomic mass is 10.2. The summed E-state index contributed by atoms with van der Waals surface area (Å²) in [7, 11) is 0. The first-order valence-electron chi connectivity index (χ1n) is 6.55. The van der Waals surface area contributed by atoms with E-state index in [0.717, 1.165) is 16.9 Å². The number of hydrogen-bond donors (Lipinski definition) is 1. The van der Waals surface area contributed by atoms with Gasteiger partial charge in [-0.05, 0) is 48.9 Å². The third kappa shape index (κ3) is 2.93. The van der Waals surface area contributed by atoms with Crippen molar-refractivity contribution in [3.63, 3.8) is 0 Å². The van der Waals surface area contributed by atoms with Crippen molar-refractivity contribution >= 4 is 11.7 Å². The van der Waals surface area contributed by atoms with Crippen LogP contribution in [0.2, 0.25) is 0 Å². The summed E-state index contributed by atoms with van der Waals surface area (Å²) >= 11 is 0. The van der Waals surface area contributed by atoms with Gasteiger partial charge in [0.1, 0.15) is 6.33 Å². The zero-order valence-electron chi connectivity index (χ0n) is 11.9. The molecule has 1 aromatic carbocycles. The summed E-state index contributed by atoms with van der Waals surface area (Å²) in [5, 5.41) is 14.0. The summed E-state index contributed by atoms with van der Waals surface area (Å²) in [5.74, 6) is 0. The number of carbonyl (C=O) groups is 1. The first-order chi connectivity index (χ1) is 9.65. The van der Waals surface area contributed by atoms with Crippen molar-refractivity contribution in [3.05, 3.63) is 30.1 Å². The molecule has 2 rings (SSSR count). The summed E-state index contributed by atoms with van der Waals surface area (Å²) < 4.78 is 1.57. The zero-order chi connectivity index (χ0) is 14.5. The van der Waals surface area contributed by atoms with Crippen LogP contribution >= 0.6 is 0 Å². The summed E-state index contributed by atoms with van der Waals surface area (Å²) in [5.41, 5.74) is 2.59. The first-order valence-corrected chi connectivity index (χ1v) is 6.55. The van der Waals surface area contributed by atoms with Crippen molar-refractivity contribution in [3.8, 4) is 5.69 Å². The summed E-state index contributed by atoms with van der Waals surface area (Å²) in [6.07, 6.45) is 1.53. The molecule has 0 unspecified atom stereocenters. The highest BCUT2D eigenvalue weighted by molar-refractivity contribution is 5.89. The van der Waals surface area contributed by atoms with Crippen LogP contribution in [0.15, 0.2) is 24.5 Å². The maximum absolute atomic E-state index is 12.0. The second-order valence-electron chi connectivity index (χ2n) is 4.36. The van der Waals surface area contributed by atoms with Gasteiger partial charge in [0, 0.05) is 18.8 Å². The maximum Gasteiger partial charge on any atom is 0.321 e. The number of tetrazole rings is 1. The lowest BCUT2D eigenvalue weighted by Gasteiger charge is -2.19. The third-order valence-corrected chi connectivity index (χ3v) is 3.11. The van der Waals surface area contributed by atoms with Crippen LogP contribution in [0.1, 0.15) is 19.4 Å². The van der Waals surface area contributed by atoms with Gasteiger partial charge in [0.15, 0.2) is 0 Å². The van der Waals surface area contributed by atoms with Crippen molar-refractivity contribution in [2.75, 3.05) is 18.4 Å². The molecule has 0 aliphatic rings. The van der Waals surface area contributed by atoms with Crippen LogP contribution in [0.5, 0.6) is 0 Å². The van der Waals surface area contributed by atoms with E-state index in [9.17, 15) is 4.79 Å². The Bertz CT molecular complexity index is 577. The monoisotopic (exact) mass is 274 g/mol. The highest BCUT2D eigenvalue weighted by Crippen LogP contribution is 2.18. The molecule has 106 valence electrons. The van der Waals surface area contributed by atoms with Gasteiger partial charge >= 0.3 is 6.03 Å². The second kappa shape index (κ2) is 6.14. The number of nitrogens with zero attached hydrogens (tertiary/aromatic N) is 5. The Hall–Kier alpha value is -2.44. The minimum Gasteiger partial charge on any atom is -0.325 e. The fourth-order valence-corrected chi connectivity index (χ4v) is 1.92. The molecule has 1 heterocycles. The van der Waals surface area contributed by atoms with Gasteiger partial charge in [-0.15, -0.1) is 5.10 Å². The van der Waals surface area contributed by atoms with E-state index in [4.69, 9.17) is 0 Å². The smallest absolute Gasteiger partial charge is 0.321 e. The number of carbonyl (C=O) groups excluding carboxylic acids is 1. The Kier molecular flexibility index (Phi) is 4.29. The predicted molar refractivity (Wildman–Crippen MR) is 75.8 cm³/mol. The van der Waals surface area contributed by atoms with Crippen molar-refractivity contribution in [2.45, 2.75) is 20.8 Å². The van der Waals surface area contributed by atoms with Crippen molar-refractivity contribution in [1.29, 1.82) is 0 Å². The zero-order valence-corrected chi connectivity index (χ0v) is 11.9. The van der Waals surface area contributed by atoms with Gasteiger partial charge in [-0.1, -0.05) is 6.07 Å². The quantitative estimate of drug-likeness (QED) is 0.923. The average Bonchev–Trinajstić information content (AvgIpc) is 2.96. The van der Waals surface area contributed by atoms with E-state index in [0.29, 0.717) is 13.1 Å². The summed E-state index contributed by atoms with van der Waals surface area (Å²) in [6, 6.07) is 5.54. The molecule has 7 heteroatoms. The molecule has 0 bridgehead atoms. The van der Waals surface area contributed by atoms with Crippen LogP contribution < -0.4 is 5.32 Å². The van der Waals surface area contributed by atoms with Crippen LogP contribution in [0.25, 0.3) is 5.69 Å². The van der Waals surface area contributed by atoms with Crippen LogP contribution in [0.4, 0.5) is 10.5 Å². The topological polar surface area (TPSA) is 75.9 Å². The second-order valence-corrected chi connectivity index (χ2v) is 4.36. The number of anilines is 1. The molecule has 2 aromatic rings. The molecule has 0 saturated carbocycles. The molecule has 7 nitrogen and oxygen atoms in total. The third-order valence-electron chi connectivity index (χ3n) is 3.11. The molecule has 0 fully saturated rings. The first kappa shape index (κ1) is 14.0. The van der Waals surface area contributed by atoms with Crippen molar-refractivity contribution in [1.82, 2.24) is 25.1 Å². The Morgan fingerprint density at radius 3 is 2.70 bits per heavy atom. The normalized spacial score (nSPS) is 10.3. The fourth-order valence-electron chi connectivity index (χ4n) is 1.92. The predicted octanol–water partition coefficient (Wildman–Crippen LogP) is 1.84. The lowest BCUT2D eigenvalue weighted by Crippen LogP contribution is -2.34. The summed E-state index contributed by atoms with van der Waals surface area (Å²) in [6.45, 7) is 7.21. The number of urea groups is 1. The number of benzene rings is 1. The molecule has 1 aromatic heterocycles. The average molecular weight is 274 g/mol. The molecular formula is C13H18N6O. The number of hydrogen-bond acceptors (Lipinski definition) is 4. The molecule has 1 N–H and O–H groups in total. The van der Waals surface area contributed by atoms with Gasteiger partial charge in [0.2, 0.25) is 0 Å². The largest absolute Gasteiger partial charge is 0.325 e. The van der Waals surface area contributed by atoms with Gasteiger partial charge in [-0.25, -0.2) is 9.48 Å². The molecule has 0 atom stereocenters. The minimum atomic E-state index is -0.110. The van der Waals surface area contributed by atoms with Gasteiger partial charge in [-0.3, -0.25) is 0 Å². The van der Waals surface area contributed by atoms with E-state index in [2.05, 4.69) is 20.8 Å². The Morgan fingerprint density at radius 1 is 1.35 bits per heavy atom. The van der Waals surface area contributed by atoms with E-state index < -0.39 is 0 Å². The molecule has 0 radical (unpaired) electrons. The van der Waals surface area contributed by atoms with E-state index in [1.807, 2.05) is 39.0 Å². The molecule has 20 heavy (non-hydrogen) atoms. The van der Waals surface area contributed by atoms with Gasteiger partial charge in [0.05, 0.1) is 5.69 Å². The minimum absolute atomic E-state index is 0.110. The fraction of sp³-hybridized carbons (Fsp3) is 0.385. The molecule has 0 aliphatic carbocycles. The molecule has 0 aliphatic heterocycles. The van der Waals surface area contributed by atoms with Gasteiger partial charge < -0.3 is 10.2 Å². The number of amides is 2. The van der Waals surface area contributed by atoms with Crippen molar-refractivity contribution < 1.29 is 4.79 Å². The van der Waals surface area contributed by atoms with Gasteiger partial charge in [0.25, 0.3) is 0 Å². The van der Waals surface area contributed by atoms with Crippen LogP contribution in [-0.2, 0) is 0 Å². The highest BCUT2D eigenvalue weighted by atomic mass is 16.2. The standard InChI is InChI=1S/C13H18N6O/c1-4-18(5-2)13(20)15-11-7-6-10(3)12(8-11)19-9-14-16-17-19/h6-9H,4-5H2,1-3H3,(H,15,20). The van der Waals surface area contributed by atoms with Gasteiger partial charge in [-0.2, -0.15) is 0 Å². The lowest BCUT2D eigenvalue weighted by molar-refractivity contribution is 0.217. The van der Waals surface area contributed by atoms with E-state index in [1.165, 1.54) is 6.33 Å². The molecule has 2 amide bonds. The Labute approximate surface area is 117 Å². The Morgan fingerprint density at radius 2 is 2.10 bits per heavy atom. The van der Waals surface area contributed by atoms with E-state index in [-0.39, 0.29) is 6.03 Å². The van der Waals surface area contributed by atoms with Crippen LogP contribution in [0, 0.1) is 6.92 Å². The number of rotatable bonds is 4. The molecule has 0 spiro atoms. The molecule has 0 saturated heterocycles. The molecular weight excluding hydrogens is 256 g/mol. The summed E-state index contributed by atoms with van der Waals surface area (Å²) in [4.78, 5) is 13.7. The van der Waals surface area contributed by atoms with Crippen molar-refractivity contribution in [2.24, 2.45) is 0 Å².